The van der Waals surface area contributed by atoms with Gasteiger partial charge >= 0.3 is 5.97 Å². The number of phenolic OH excluding ortho intramolecular Hbond substituents is 1. The molecule has 2 aliphatic heterocycles. The molecule has 14 heteroatoms. The molecule has 2 aromatic carbocycles. The number of aromatic nitrogens is 2. The van der Waals surface area contributed by atoms with Crippen LogP contribution in [0.15, 0.2) is 54.9 Å². The lowest BCUT2D eigenvalue weighted by atomic mass is 9.84. The van der Waals surface area contributed by atoms with Crippen molar-refractivity contribution in [1.82, 2.24) is 30.2 Å². The summed E-state index contributed by atoms with van der Waals surface area (Å²) >= 11 is 0. The Hall–Kier alpha value is -5.31. The topological polar surface area (TPSA) is 176 Å². The van der Waals surface area contributed by atoms with Crippen LogP contribution in [0.1, 0.15) is 64.2 Å². The zero-order chi connectivity index (χ0) is 41.9. The number of aryl methyl sites for hydroxylation is 1. The van der Waals surface area contributed by atoms with E-state index in [9.17, 15) is 29.4 Å². The Morgan fingerprint density at radius 2 is 1.91 bits per heavy atom. The van der Waals surface area contributed by atoms with Crippen molar-refractivity contribution in [3.05, 3.63) is 71.5 Å². The number of rotatable bonds is 9. The predicted octanol–water partition coefficient (Wildman–Crippen LogP) is 4.37. The van der Waals surface area contributed by atoms with Crippen LogP contribution in [-0.4, -0.2) is 105 Å². The first kappa shape index (κ1) is 42.3. The van der Waals surface area contributed by atoms with Crippen LogP contribution in [0, 0.1) is 11.3 Å². The fraction of sp³-hybridized carbons (Fsp3) is 0.477. The van der Waals surface area contributed by atoms with Gasteiger partial charge in [-0.25, -0.2) is 5.43 Å². The van der Waals surface area contributed by atoms with Crippen LogP contribution >= 0.6 is 0 Å². The van der Waals surface area contributed by atoms with E-state index in [0.717, 1.165) is 38.9 Å². The number of nitrogens with one attached hydrogen (secondary N) is 2. The summed E-state index contributed by atoms with van der Waals surface area (Å²) in [5.74, 6) is -2.56. The van der Waals surface area contributed by atoms with E-state index in [-0.39, 0.29) is 31.2 Å². The number of pyridine rings is 1. The van der Waals surface area contributed by atoms with Crippen molar-refractivity contribution >= 4 is 34.6 Å². The number of carbonyl (C=O) groups excluding carboxylic acids is 4. The molecule has 14 nitrogen and oxygen atoms in total. The average molecular weight is 797 g/mol. The minimum atomic E-state index is -1.16. The van der Waals surface area contributed by atoms with Crippen LogP contribution < -0.4 is 10.7 Å². The van der Waals surface area contributed by atoms with Crippen molar-refractivity contribution in [2.24, 2.45) is 11.3 Å². The van der Waals surface area contributed by atoms with Gasteiger partial charge in [-0.2, -0.15) is 0 Å². The molecule has 6 bridgehead atoms. The second-order valence-electron chi connectivity index (χ2n) is 16.5. The molecule has 3 atom stereocenters. The number of cyclic esters (lactones) is 1. The van der Waals surface area contributed by atoms with Crippen LogP contribution in [0.4, 0.5) is 0 Å². The second kappa shape index (κ2) is 17.7. The Kier molecular flexibility index (Phi) is 12.9. The van der Waals surface area contributed by atoms with Gasteiger partial charge in [-0.15, -0.1) is 0 Å². The van der Waals surface area contributed by atoms with Gasteiger partial charge in [0.1, 0.15) is 30.5 Å². The van der Waals surface area contributed by atoms with Crippen molar-refractivity contribution in [3.8, 4) is 28.1 Å². The number of carbonyl (C=O) groups is 4. The molecule has 4 N–H and O–H groups in total. The molecule has 310 valence electrons. The Bertz CT molecular complexity index is 2180. The summed E-state index contributed by atoms with van der Waals surface area (Å²) in [4.78, 5) is 60.3. The zero-order valence-corrected chi connectivity index (χ0v) is 34.5. The van der Waals surface area contributed by atoms with Gasteiger partial charge in [-0.3, -0.25) is 29.2 Å². The number of likely N-dealkylation sites (N-methyl/N-ethyl adjacent to an activating group) is 1. The number of amides is 3. The fourth-order valence-corrected chi connectivity index (χ4v) is 8.38. The molecule has 0 radical (unpaired) electrons. The van der Waals surface area contributed by atoms with Gasteiger partial charge in [-0.1, -0.05) is 39.8 Å². The first-order valence-corrected chi connectivity index (χ1v) is 20.0. The van der Waals surface area contributed by atoms with Gasteiger partial charge in [0.25, 0.3) is 5.91 Å². The summed E-state index contributed by atoms with van der Waals surface area (Å²) in [5, 5.41) is 26.0. The number of hydrogen-bond donors (Lipinski definition) is 4. The molecule has 2 aliphatic rings. The molecule has 1 unspecified atom stereocenters. The Morgan fingerprint density at radius 3 is 2.62 bits per heavy atom. The quantitative estimate of drug-likeness (QED) is 0.178. The number of aliphatic hydroxyl groups is 1. The van der Waals surface area contributed by atoms with Gasteiger partial charge < -0.3 is 34.5 Å². The molecular weight excluding hydrogens is 741 g/mol. The summed E-state index contributed by atoms with van der Waals surface area (Å²) in [5.41, 5.74) is 9.69. The van der Waals surface area contributed by atoms with E-state index in [1.165, 1.54) is 17.0 Å². The largest absolute Gasteiger partial charge is 0.508 e. The number of hydrazine groups is 1. The normalized spacial score (nSPS) is 19.1. The number of hydrogen-bond acceptors (Lipinski definition) is 10. The molecule has 1 saturated heterocycles. The number of methoxy groups -OCH3 is 1. The number of nitrogens with zero attached hydrogens (tertiary/aromatic N) is 4. The highest BCUT2D eigenvalue weighted by molar-refractivity contribution is 5.96. The van der Waals surface area contributed by atoms with Crippen LogP contribution in [0.3, 0.4) is 0 Å². The maximum atomic E-state index is 14.4. The summed E-state index contributed by atoms with van der Waals surface area (Å²) in [6, 6.07) is 10.4. The van der Waals surface area contributed by atoms with Crippen molar-refractivity contribution in [2.45, 2.75) is 91.6 Å². The highest BCUT2D eigenvalue weighted by Gasteiger charge is 2.37. The number of phenols is 1. The third kappa shape index (κ3) is 8.88. The number of aromatic hydroxyl groups is 1. The molecule has 58 heavy (non-hydrogen) atoms. The van der Waals surface area contributed by atoms with Crippen molar-refractivity contribution in [3.63, 3.8) is 0 Å². The Balaban J connectivity index is 1.51. The molecule has 4 aromatic rings. The van der Waals surface area contributed by atoms with Gasteiger partial charge in [-0.05, 0) is 90.3 Å². The van der Waals surface area contributed by atoms with E-state index in [1.54, 1.807) is 39.3 Å². The predicted molar refractivity (Wildman–Crippen MR) is 219 cm³/mol. The monoisotopic (exact) mass is 796 g/mol. The SMILES string of the molecule is CCn1c(-c2cnccc2COC)c2c3cc(ccc31)-c1cc(O)cc(c1)C[C@H](NC(=O)C(C(C)C)N(C)C(=O)CO)C(=O)N1CCC[C@H](N1)C(=O)OCC(C)(C)C2. The molecule has 0 spiro atoms. The third-order valence-electron chi connectivity index (χ3n) is 11.2. The second-order valence-corrected chi connectivity index (χ2v) is 16.5. The van der Waals surface area contributed by atoms with E-state index >= 15 is 0 Å². The van der Waals surface area contributed by atoms with E-state index in [1.807, 2.05) is 24.4 Å². The van der Waals surface area contributed by atoms with Crippen molar-refractivity contribution in [1.29, 1.82) is 0 Å². The van der Waals surface area contributed by atoms with Crippen LogP contribution in [-0.2, 0) is 54.6 Å². The summed E-state index contributed by atoms with van der Waals surface area (Å²) in [6.45, 7) is 10.5. The lowest BCUT2D eigenvalue weighted by molar-refractivity contribution is -0.155. The van der Waals surface area contributed by atoms with Crippen molar-refractivity contribution < 1.29 is 38.9 Å². The van der Waals surface area contributed by atoms with E-state index in [0.29, 0.717) is 43.5 Å². The molecule has 4 heterocycles. The van der Waals surface area contributed by atoms with Gasteiger partial charge in [0.15, 0.2) is 0 Å². The first-order valence-electron chi connectivity index (χ1n) is 20.0. The van der Waals surface area contributed by atoms with E-state index in [2.05, 4.69) is 53.2 Å². The highest BCUT2D eigenvalue weighted by atomic mass is 16.5. The molecule has 1 fully saturated rings. The molecule has 3 amide bonds. The fourth-order valence-electron chi connectivity index (χ4n) is 8.38. The number of esters is 1. The summed E-state index contributed by atoms with van der Waals surface area (Å²) in [6.07, 6.45) is 5.12. The first-order chi connectivity index (χ1) is 27.7. The van der Waals surface area contributed by atoms with Gasteiger partial charge in [0.05, 0.1) is 18.9 Å². The summed E-state index contributed by atoms with van der Waals surface area (Å²) < 4.78 is 13.9. The van der Waals surface area contributed by atoms with Crippen LogP contribution in [0.25, 0.3) is 33.3 Å². The zero-order valence-electron chi connectivity index (χ0n) is 34.5. The minimum Gasteiger partial charge on any atom is -0.508 e. The van der Waals surface area contributed by atoms with Gasteiger partial charge in [0.2, 0.25) is 11.8 Å². The maximum absolute atomic E-state index is 14.4. The molecule has 0 aliphatic carbocycles. The van der Waals surface area contributed by atoms with Crippen LogP contribution in [0.2, 0.25) is 0 Å². The molecule has 0 saturated carbocycles. The van der Waals surface area contributed by atoms with E-state index in [4.69, 9.17) is 9.47 Å². The van der Waals surface area contributed by atoms with Crippen molar-refractivity contribution in [2.75, 3.05) is 33.9 Å². The summed E-state index contributed by atoms with van der Waals surface area (Å²) in [7, 11) is 3.11. The van der Waals surface area contributed by atoms with Crippen LogP contribution in [0.5, 0.6) is 5.75 Å². The highest BCUT2D eigenvalue weighted by Crippen LogP contribution is 2.41. The van der Waals surface area contributed by atoms with E-state index < -0.39 is 53.8 Å². The Labute approximate surface area is 339 Å². The molecule has 2 aromatic heterocycles. The molecular formula is C44H56N6O8. The lowest BCUT2D eigenvalue weighted by Gasteiger charge is -2.36. The Morgan fingerprint density at radius 1 is 1.14 bits per heavy atom. The minimum absolute atomic E-state index is 0.0108. The number of aliphatic hydroxyl groups excluding tert-OH is 1. The maximum Gasteiger partial charge on any atom is 0.324 e. The molecule has 6 rings (SSSR count). The number of ether oxygens (including phenoxy) is 2. The lowest BCUT2D eigenvalue weighted by Crippen LogP contribution is -2.62. The third-order valence-corrected chi connectivity index (χ3v) is 11.2. The number of benzene rings is 2. The smallest absolute Gasteiger partial charge is 0.324 e. The standard InChI is InChI=1S/C44H56N6O8/c1-8-49-37-12-11-28-20-32(37)33(40(49)34-22-45-14-13-29(34)24-57-7)21-44(4,5)25-58-43(56)35-10-9-15-50(47-35)42(55)36(18-27-16-30(28)19-31(52)17-27)46-41(54)39(26(2)3)48(6)38(53)23-51/h11-14,16-17,19-20,22,26,35-36,39,47,51-52H,8-10,15,18,21,23-25H2,1-7H3,(H,46,54)/t35-,36-,39?/m0/s1. The van der Waals surface area contributed by atoms with Gasteiger partial charge in [0, 0.05) is 67.9 Å². The number of fused-ring (bicyclic) bond motifs is 6. The average Bonchev–Trinajstić information content (AvgIpc) is 3.50.